The maximum atomic E-state index is 13.8. The molecule has 35 nitrogen and oxygen atoms in total. The number of benzene rings is 1. The first kappa shape index (κ1) is 64.6. The highest BCUT2D eigenvalue weighted by Gasteiger charge is 2.54. The molecule has 4 aromatic heterocycles. The SMILES string of the molecule is C=C1C=CC(=O)N1CCCCCC(=O)N[C@H](C(=O)C[C@@H](CCCNC(N)=O)C(=O)Nc1ccc(COC(=O)Nc2ncnc3c2ncn3[C@@H]2O[C@@H]3COP(=O)(O)O[C@@H]4C(O)[C@H](n5cnc6c(=O)[nH]c(N)nc65)O[C@@H]4COP(=O)(O)O[C@H]2C3O)cc1)C(C)C. The van der Waals surface area contributed by atoms with E-state index in [0.29, 0.717) is 49.2 Å². The van der Waals surface area contributed by atoms with Crippen LogP contribution in [-0.2, 0) is 67.2 Å². The summed E-state index contributed by atoms with van der Waals surface area (Å²) in [4.78, 5) is 136. The molecule has 0 aliphatic carbocycles. The molecule has 3 saturated heterocycles. The number of amides is 6. The Hall–Kier alpha value is -7.92. The number of imidazole rings is 2. The predicted molar refractivity (Wildman–Crippen MR) is 303 cm³/mol. The van der Waals surface area contributed by atoms with Crippen molar-refractivity contribution >= 4 is 91.1 Å². The molecule has 0 saturated carbocycles. The maximum Gasteiger partial charge on any atom is 0.472 e. The quantitative estimate of drug-likeness (QED) is 0.0344. The molecular formula is C51H65N15O20P2. The summed E-state index contributed by atoms with van der Waals surface area (Å²) in [5, 5.41) is 33.3. The van der Waals surface area contributed by atoms with Gasteiger partial charge < -0.3 is 66.5 Å². The number of carbonyl (C=O) groups is 6. The van der Waals surface area contributed by atoms with Crippen molar-refractivity contribution in [2.24, 2.45) is 17.6 Å². The number of phosphoric acid groups is 2. The molecule has 9 rings (SSSR count). The molecule has 4 aliphatic rings. The van der Waals surface area contributed by atoms with E-state index in [-0.39, 0.29) is 90.0 Å². The van der Waals surface area contributed by atoms with Crippen molar-refractivity contribution in [3.63, 3.8) is 0 Å². The second kappa shape index (κ2) is 27.6. The number of urea groups is 1. The number of aromatic amines is 1. The second-order valence-electron chi connectivity index (χ2n) is 21.2. The van der Waals surface area contributed by atoms with E-state index in [9.17, 15) is 62.7 Å². The van der Waals surface area contributed by atoms with Gasteiger partial charge in [0, 0.05) is 49.3 Å². The maximum absolute atomic E-state index is 13.8. The number of aliphatic hydroxyl groups excluding tert-OH is 2. The molecule has 6 amide bonds. The van der Waals surface area contributed by atoms with Crippen LogP contribution in [0.2, 0.25) is 0 Å². The molecule has 4 unspecified atom stereocenters. The highest BCUT2D eigenvalue weighted by atomic mass is 31.2. The number of nitrogens with one attached hydrogen (secondary N) is 5. The van der Waals surface area contributed by atoms with Crippen LogP contribution >= 0.6 is 15.6 Å². The van der Waals surface area contributed by atoms with E-state index in [2.05, 4.69) is 57.7 Å². The van der Waals surface area contributed by atoms with E-state index < -0.39 is 113 Å². The van der Waals surface area contributed by atoms with E-state index in [1.807, 2.05) is 0 Å². The van der Waals surface area contributed by atoms with Gasteiger partial charge in [0.25, 0.3) is 11.5 Å². The van der Waals surface area contributed by atoms with Crippen molar-refractivity contribution in [1.29, 1.82) is 0 Å². The van der Waals surface area contributed by atoms with Gasteiger partial charge in [0.2, 0.25) is 17.8 Å². The molecule has 5 aromatic rings. The van der Waals surface area contributed by atoms with Gasteiger partial charge in [-0.25, -0.2) is 38.7 Å². The third-order valence-corrected chi connectivity index (χ3v) is 16.6. The van der Waals surface area contributed by atoms with Crippen LogP contribution in [0.15, 0.2) is 72.5 Å². The molecule has 13 N–H and O–H groups in total. The Bertz CT molecular complexity index is 3620. The third-order valence-electron chi connectivity index (χ3n) is 14.6. The van der Waals surface area contributed by atoms with Crippen LogP contribution in [0.3, 0.4) is 0 Å². The lowest BCUT2D eigenvalue weighted by atomic mass is 9.89. The van der Waals surface area contributed by atoms with Gasteiger partial charge in [-0.3, -0.25) is 61.5 Å². The molecule has 4 aliphatic heterocycles. The van der Waals surface area contributed by atoms with E-state index >= 15 is 0 Å². The summed E-state index contributed by atoms with van der Waals surface area (Å²) in [5.74, 6) is -3.02. The normalized spacial score (nSPS) is 26.2. The van der Waals surface area contributed by atoms with E-state index in [1.54, 1.807) is 49.1 Å². The largest absolute Gasteiger partial charge is 0.472 e. The lowest BCUT2D eigenvalue weighted by Gasteiger charge is -2.25. The number of aromatic nitrogens is 8. The highest BCUT2D eigenvalue weighted by molar-refractivity contribution is 7.47. The zero-order valence-electron chi connectivity index (χ0n) is 47.2. The number of unbranched alkanes of at least 4 members (excludes halogenated alkanes) is 2. The summed E-state index contributed by atoms with van der Waals surface area (Å²) in [6.45, 7) is 5.86. The van der Waals surface area contributed by atoms with Crippen LogP contribution in [0.4, 0.5) is 27.0 Å². The van der Waals surface area contributed by atoms with Crippen LogP contribution < -0.4 is 38.3 Å². The molecule has 0 spiro atoms. The Kier molecular flexibility index (Phi) is 20.3. The molecule has 1 aromatic carbocycles. The number of rotatable bonds is 22. The Labute approximate surface area is 498 Å². The number of fused-ring (bicyclic) bond motifs is 5. The minimum atomic E-state index is -5.30. The zero-order valence-corrected chi connectivity index (χ0v) is 49.0. The fourth-order valence-electron chi connectivity index (χ4n) is 10.2. The molecular weight excluding hydrogens is 1200 g/mol. The lowest BCUT2D eigenvalue weighted by Crippen LogP contribution is -2.45. The first-order valence-electron chi connectivity index (χ1n) is 27.6. The summed E-state index contributed by atoms with van der Waals surface area (Å²) in [6.07, 6.45) is -6.22. The number of hydrogen-bond acceptors (Lipinski definition) is 24. The number of hydrogen-bond donors (Lipinski definition) is 11. The monoisotopic (exact) mass is 1270 g/mol. The van der Waals surface area contributed by atoms with E-state index in [0.717, 1.165) is 28.1 Å². The Balaban J connectivity index is 0.797. The van der Waals surface area contributed by atoms with Crippen molar-refractivity contribution in [1.82, 2.24) is 54.6 Å². The fourth-order valence-corrected chi connectivity index (χ4v) is 12.1. The number of nitrogens with two attached hydrogens (primary N) is 2. The topological polar surface area (TPSA) is 493 Å². The van der Waals surface area contributed by atoms with Crippen LogP contribution in [0.25, 0.3) is 22.3 Å². The standard InChI is InChI=1S/C51H65N15O20P2/c1-25(2)35(60-33(68)9-5-4-6-17-64-26(3)10-15-34(64)69)30(67)18-28(8-7-16-54-50(53)74)45(72)59-29-13-11-27(12-14-29)19-80-51(75)61-42-36-43(56-22-55-42)65(23-57-36)48-41-38(70)31(83-48)20-81-87(76,77)85-40-32(21-82-88(78,79)86-41)84-47(39(40)71)66-24-58-37-44(66)62-49(52)63-46(37)73/h10-15,22-25,28,31-32,35,38-41,47-48,70-71H,3-9,16-21H2,1-2H3,(H,59,72)(H,60,68)(H,76,77)(H,78,79)(H3,53,54,74)(H3,52,62,63,73)(H,55,56,61,75)/t28-,31-,32-,35+,38?,39?,40+,41+,47-,48-/m1/s1. The van der Waals surface area contributed by atoms with Gasteiger partial charge >= 0.3 is 27.8 Å². The number of ketones is 1. The van der Waals surface area contributed by atoms with Crippen LogP contribution in [0, 0.1) is 11.8 Å². The Morgan fingerprint density at radius 2 is 1.52 bits per heavy atom. The average Bonchev–Trinajstić information content (AvgIpc) is 3.04. The molecule has 0 radical (unpaired) electrons. The molecule has 12 atom stereocenters. The molecule has 3 fully saturated rings. The molecule has 88 heavy (non-hydrogen) atoms. The molecule has 37 heteroatoms. The first-order chi connectivity index (χ1) is 41.8. The summed E-state index contributed by atoms with van der Waals surface area (Å²) >= 11 is 0. The first-order valence-corrected chi connectivity index (χ1v) is 30.6. The van der Waals surface area contributed by atoms with Crippen LogP contribution in [0.1, 0.15) is 76.8 Å². The van der Waals surface area contributed by atoms with Crippen molar-refractivity contribution in [3.8, 4) is 0 Å². The number of carbonyl (C=O) groups excluding carboxylic acids is 6. The molecule has 2 bridgehead atoms. The fraction of sp³-hybridized carbons (Fsp3) is 0.490. The number of primary amides is 1. The van der Waals surface area contributed by atoms with Crippen molar-refractivity contribution in [2.45, 2.75) is 121 Å². The summed E-state index contributed by atoms with van der Waals surface area (Å²) in [5.41, 5.74) is 11.1. The highest BCUT2D eigenvalue weighted by Crippen LogP contribution is 2.54. The van der Waals surface area contributed by atoms with Crippen LogP contribution in [-0.4, -0.2) is 169 Å². The number of nitrogen functional groups attached to an aromatic ring is 1. The molecule has 474 valence electrons. The number of nitrogens with zero attached hydrogens (tertiary/aromatic N) is 8. The second-order valence-corrected chi connectivity index (χ2v) is 24.0. The summed E-state index contributed by atoms with van der Waals surface area (Å²) < 4.78 is 67.9. The van der Waals surface area contributed by atoms with Gasteiger partial charge in [-0.2, -0.15) is 4.98 Å². The minimum Gasteiger partial charge on any atom is -0.444 e. The predicted octanol–water partition coefficient (Wildman–Crippen LogP) is 1.40. The summed E-state index contributed by atoms with van der Waals surface area (Å²) in [6, 6.07) is 4.59. The van der Waals surface area contributed by atoms with Gasteiger partial charge in [0.15, 0.2) is 46.4 Å². The van der Waals surface area contributed by atoms with Gasteiger partial charge in [0.05, 0.1) is 31.9 Å². The van der Waals surface area contributed by atoms with Gasteiger partial charge in [-0.05, 0) is 55.4 Å². The zero-order chi connectivity index (χ0) is 63.2. The average molecular weight is 1270 g/mol. The minimum absolute atomic E-state index is 0.0809. The van der Waals surface area contributed by atoms with Crippen molar-refractivity contribution in [3.05, 3.63) is 83.6 Å². The van der Waals surface area contributed by atoms with E-state index in [1.165, 1.54) is 6.08 Å². The number of phosphoric ester groups is 2. The van der Waals surface area contributed by atoms with Crippen molar-refractivity contribution < 1.29 is 90.2 Å². The van der Waals surface area contributed by atoms with Crippen molar-refractivity contribution in [2.75, 3.05) is 42.7 Å². The van der Waals surface area contributed by atoms with Gasteiger partial charge in [-0.1, -0.05) is 39.0 Å². The van der Waals surface area contributed by atoms with Gasteiger partial charge in [0.1, 0.15) is 49.6 Å². The van der Waals surface area contributed by atoms with Crippen LogP contribution in [0.5, 0.6) is 0 Å². The lowest BCUT2D eigenvalue weighted by molar-refractivity contribution is -0.131. The number of ether oxygens (including phenoxy) is 3. The number of allylic oxidation sites excluding steroid dienone is 1. The third kappa shape index (κ3) is 15.5. The Morgan fingerprint density at radius 3 is 2.22 bits per heavy atom. The Morgan fingerprint density at radius 1 is 0.841 bits per heavy atom. The smallest absolute Gasteiger partial charge is 0.444 e. The number of aliphatic hydroxyl groups is 2. The number of H-pyrrole nitrogens is 1. The number of Topliss-reactive ketones (excluding diaryl/α,β-unsaturated/α-hetero) is 1. The molecule has 8 heterocycles. The van der Waals surface area contributed by atoms with E-state index in [4.69, 9.17) is 43.8 Å². The summed E-state index contributed by atoms with van der Waals surface area (Å²) in [7, 11) is -10.5. The van der Waals surface area contributed by atoms with Gasteiger partial charge in [-0.15, -0.1) is 0 Å². The number of anilines is 3.